The molecule has 0 amide bonds. The molecule has 5 heteroatoms. The number of thiazole rings is 1. The van der Waals surface area contributed by atoms with E-state index in [9.17, 15) is 0 Å². The van der Waals surface area contributed by atoms with Gasteiger partial charge < -0.3 is 5.73 Å². The zero-order valence-electron chi connectivity index (χ0n) is 9.44. The summed E-state index contributed by atoms with van der Waals surface area (Å²) in [5.74, 6) is 1.08. The van der Waals surface area contributed by atoms with Crippen molar-refractivity contribution in [1.29, 1.82) is 0 Å². The second-order valence-corrected chi connectivity index (χ2v) is 5.64. The van der Waals surface area contributed by atoms with Gasteiger partial charge in [-0.25, -0.2) is 9.99 Å². The van der Waals surface area contributed by atoms with Crippen LogP contribution in [0.4, 0.5) is 5.13 Å². The molecule has 3 rings (SSSR count). The van der Waals surface area contributed by atoms with Crippen LogP contribution in [0.15, 0.2) is 5.10 Å². The maximum Gasteiger partial charge on any atom is 0.206 e. The molecule has 0 aromatic carbocycles. The third-order valence-electron chi connectivity index (χ3n) is 3.24. The molecule has 2 heterocycles. The van der Waals surface area contributed by atoms with E-state index in [1.165, 1.54) is 29.8 Å². The first kappa shape index (κ1) is 10.1. The van der Waals surface area contributed by atoms with E-state index in [0.29, 0.717) is 5.92 Å². The number of anilines is 1. The number of amidine groups is 1. The Morgan fingerprint density at radius 1 is 1.38 bits per heavy atom. The first-order valence-corrected chi connectivity index (χ1v) is 6.66. The average Bonchev–Trinajstić information content (AvgIpc) is 2.83. The lowest BCUT2D eigenvalue weighted by Gasteiger charge is -2.09. The quantitative estimate of drug-likeness (QED) is 0.808. The molecule has 1 aromatic heterocycles. The standard InChI is InChI=1S/C11H16N4S/c1-7-6-15(14-10(7)12)11-13-8-4-2-3-5-9(8)16-11/h7H,2-6H2,1H3,(H2,12,14). The Hall–Kier alpha value is -1.10. The number of aromatic nitrogens is 1. The number of hydrogen-bond donors (Lipinski definition) is 1. The predicted molar refractivity (Wildman–Crippen MR) is 66.9 cm³/mol. The van der Waals surface area contributed by atoms with Gasteiger partial charge in [-0.2, -0.15) is 5.10 Å². The van der Waals surface area contributed by atoms with Gasteiger partial charge in [0.15, 0.2) is 0 Å². The topological polar surface area (TPSA) is 54.5 Å². The predicted octanol–water partition coefficient (Wildman–Crippen LogP) is 1.75. The van der Waals surface area contributed by atoms with Gasteiger partial charge in [0.25, 0.3) is 0 Å². The Kier molecular flexibility index (Phi) is 2.35. The summed E-state index contributed by atoms with van der Waals surface area (Å²) >= 11 is 1.79. The highest BCUT2D eigenvalue weighted by Gasteiger charge is 2.25. The smallest absolute Gasteiger partial charge is 0.206 e. The summed E-state index contributed by atoms with van der Waals surface area (Å²) in [5.41, 5.74) is 7.10. The Labute approximate surface area is 99.2 Å². The fourth-order valence-corrected chi connectivity index (χ4v) is 3.31. The van der Waals surface area contributed by atoms with Crippen LogP contribution in [0, 0.1) is 5.92 Å². The molecular weight excluding hydrogens is 220 g/mol. The van der Waals surface area contributed by atoms with Crippen LogP contribution in [0.5, 0.6) is 0 Å². The number of fused-ring (bicyclic) bond motifs is 1. The Balaban J connectivity index is 1.88. The van der Waals surface area contributed by atoms with Gasteiger partial charge in [0, 0.05) is 10.8 Å². The van der Waals surface area contributed by atoms with E-state index in [1.54, 1.807) is 11.3 Å². The summed E-state index contributed by atoms with van der Waals surface area (Å²) in [6, 6.07) is 0. The van der Waals surface area contributed by atoms with Gasteiger partial charge in [-0.3, -0.25) is 0 Å². The van der Waals surface area contributed by atoms with Gasteiger partial charge in [-0.1, -0.05) is 18.3 Å². The number of hydrogen-bond acceptors (Lipinski definition) is 5. The number of aryl methyl sites for hydroxylation is 2. The largest absolute Gasteiger partial charge is 0.385 e. The number of hydrazone groups is 1. The lowest BCUT2D eigenvalue weighted by molar-refractivity contribution is 0.680. The van der Waals surface area contributed by atoms with E-state index in [4.69, 9.17) is 5.73 Å². The highest BCUT2D eigenvalue weighted by atomic mass is 32.1. The van der Waals surface area contributed by atoms with Crippen molar-refractivity contribution in [2.75, 3.05) is 11.6 Å². The summed E-state index contributed by atoms with van der Waals surface area (Å²) < 4.78 is 0. The second-order valence-electron chi connectivity index (χ2n) is 4.58. The summed E-state index contributed by atoms with van der Waals surface area (Å²) in [6.45, 7) is 2.98. The number of nitrogens with zero attached hydrogens (tertiary/aromatic N) is 3. The van der Waals surface area contributed by atoms with Gasteiger partial charge >= 0.3 is 0 Å². The zero-order valence-corrected chi connectivity index (χ0v) is 10.3. The molecule has 0 fully saturated rings. The Morgan fingerprint density at radius 2 is 2.19 bits per heavy atom. The maximum absolute atomic E-state index is 5.81. The molecule has 0 bridgehead atoms. The van der Waals surface area contributed by atoms with Crippen LogP contribution in [-0.4, -0.2) is 17.4 Å². The van der Waals surface area contributed by atoms with Crippen LogP contribution in [0.3, 0.4) is 0 Å². The molecule has 0 saturated heterocycles. The van der Waals surface area contributed by atoms with E-state index < -0.39 is 0 Å². The molecular formula is C11H16N4S. The minimum atomic E-state index is 0.348. The Bertz CT molecular complexity index is 414. The molecule has 1 aromatic rings. The van der Waals surface area contributed by atoms with Crippen LogP contribution >= 0.6 is 11.3 Å². The van der Waals surface area contributed by atoms with E-state index in [2.05, 4.69) is 17.0 Å². The molecule has 4 nitrogen and oxygen atoms in total. The summed E-state index contributed by atoms with van der Waals surface area (Å²) in [4.78, 5) is 6.14. The summed E-state index contributed by atoms with van der Waals surface area (Å²) in [6.07, 6.45) is 4.90. The highest BCUT2D eigenvalue weighted by molar-refractivity contribution is 7.15. The second kappa shape index (κ2) is 3.73. The van der Waals surface area contributed by atoms with Crippen molar-refractivity contribution in [3.63, 3.8) is 0 Å². The zero-order chi connectivity index (χ0) is 11.1. The van der Waals surface area contributed by atoms with Crippen LogP contribution in [-0.2, 0) is 12.8 Å². The highest BCUT2D eigenvalue weighted by Crippen LogP contribution is 2.33. The van der Waals surface area contributed by atoms with Gasteiger partial charge in [-0.05, 0) is 25.7 Å². The van der Waals surface area contributed by atoms with Gasteiger partial charge in [0.1, 0.15) is 5.84 Å². The molecule has 0 saturated carbocycles. The molecule has 0 radical (unpaired) electrons. The van der Waals surface area contributed by atoms with Gasteiger partial charge in [0.2, 0.25) is 5.13 Å². The molecule has 2 aliphatic rings. The van der Waals surface area contributed by atoms with Crippen LogP contribution in [0.2, 0.25) is 0 Å². The van der Waals surface area contributed by atoms with Crippen LogP contribution in [0.1, 0.15) is 30.3 Å². The molecule has 1 unspecified atom stereocenters. The van der Waals surface area contributed by atoms with Crippen molar-refractivity contribution < 1.29 is 0 Å². The lowest BCUT2D eigenvalue weighted by Crippen LogP contribution is -2.20. The molecule has 86 valence electrons. The molecule has 2 N–H and O–H groups in total. The summed E-state index contributed by atoms with van der Waals surface area (Å²) in [7, 11) is 0. The Morgan fingerprint density at radius 3 is 2.88 bits per heavy atom. The third-order valence-corrected chi connectivity index (χ3v) is 4.41. The monoisotopic (exact) mass is 236 g/mol. The molecule has 1 aliphatic heterocycles. The maximum atomic E-state index is 5.81. The minimum absolute atomic E-state index is 0.348. The first-order chi connectivity index (χ1) is 7.74. The minimum Gasteiger partial charge on any atom is -0.385 e. The third kappa shape index (κ3) is 1.59. The molecule has 1 aliphatic carbocycles. The van der Waals surface area contributed by atoms with E-state index in [-0.39, 0.29) is 0 Å². The summed E-state index contributed by atoms with van der Waals surface area (Å²) in [5, 5.41) is 7.35. The van der Waals surface area contributed by atoms with Crippen LogP contribution < -0.4 is 10.7 Å². The van der Waals surface area contributed by atoms with E-state index >= 15 is 0 Å². The van der Waals surface area contributed by atoms with E-state index in [0.717, 1.165) is 23.9 Å². The van der Waals surface area contributed by atoms with Crippen molar-refractivity contribution in [1.82, 2.24) is 4.98 Å². The van der Waals surface area contributed by atoms with Crippen molar-refractivity contribution in [3.8, 4) is 0 Å². The SMILES string of the molecule is CC1CN(c2nc3c(s2)CCCC3)N=C1N. The molecule has 1 atom stereocenters. The van der Waals surface area contributed by atoms with Crippen molar-refractivity contribution in [2.45, 2.75) is 32.6 Å². The lowest BCUT2D eigenvalue weighted by atomic mass is 10.0. The fraction of sp³-hybridized carbons (Fsp3) is 0.636. The number of nitrogens with two attached hydrogens (primary N) is 1. The number of rotatable bonds is 1. The van der Waals surface area contributed by atoms with Crippen LogP contribution in [0.25, 0.3) is 0 Å². The molecule has 16 heavy (non-hydrogen) atoms. The first-order valence-electron chi connectivity index (χ1n) is 5.84. The average molecular weight is 236 g/mol. The molecule has 0 spiro atoms. The van der Waals surface area contributed by atoms with Gasteiger partial charge in [0.05, 0.1) is 12.2 Å². The van der Waals surface area contributed by atoms with Crippen molar-refractivity contribution >= 4 is 22.3 Å². The van der Waals surface area contributed by atoms with Crippen molar-refractivity contribution in [2.24, 2.45) is 16.8 Å². The van der Waals surface area contributed by atoms with Crippen molar-refractivity contribution in [3.05, 3.63) is 10.6 Å². The van der Waals surface area contributed by atoms with Gasteiger partial charge in [-0.15, -0.1) is 0 Å². The fourth-order valence-electron chi connectivity index (χ4n) is 2.20. The van der Waals surface area contributed by atoms with E-state index in [1.807, 2.05) is 5.01 Å². The normalized spacial score (nSPS) is 24.4.